The van der Waals surface area contributed by atoms with Gasteiger partial charge in [-0.15, -0.1) is 0 Å². The number of rotatable bonds is 8. The molecular weight excluding hydrogens is 338 g/mol. The summed E-state index contributed by atoms with van der Waals surface area (Å²) >= 11 is 0. The van der Waals surface area contributed by atoms with Gasteiger partial charge in [-0.25, -0.2) is 9.97 Å². The van der Waals surface area contributed by atoms with Gasteiger partial charge in [0.05, 0.1) is 6.61 Å². The SMILES string of the molecule is CCOc1ccc(Nc2cc(N(C)CCc3ccncc3)nc(C)n2)cc1. The molecule has 0 unspecified atom stereocenters. The maximum absolute atomic E-state index is 5.48. The fourth-order valence-corrected chi connectivity index (χ4v) is 2.72. The fraction of sp³-hybridized carbons (Fsp3) is 0.286. The first-order valence-corrected chi connectivity index (χ1v) is 9.09. The van der Waals surface area contributed by atoms with Gasteiger partial charge in [0.15, 0.2) is 0 Å². The van der Waals surface area contributed by atoms with E-state index in [2.05, 4.69) is 25.2 Å². The normalized spacial score (nSPS) is 10.5. The zero-order chi connectivity index (χ0) is 19.1. The first-order valence-electron chi connectivity index (χ1n) is 9.09. The Kier molecular flexibility index (Phi) is 6.20. The van der Waals surface area contributed by atoms with E-state index < -0.39 is 0 Å². The van der Waals surface area contributed by atoms with E-state index in [-0.39, 0.29) is 0 Å². The number of hydrogen-bond donors (Lipinski definition) is 1. The average molecular weight is 363 g/mol. The molecule has 0 aliphatic rings. The molecule has 0 spiro atoms. The quantitative estimate of drug-likeness (QED) is 0.653. The Hall–Kier alpha value is -3.15. The van der Waals surface area contributed by atoms with Gasteiger partial charge in [0, 0.05) is 37.7 Å². The van der Waals surface area contributed by atoms with Gasteiger partial charge in [-0.3, -0.25) is 4.98 Å². The highest BCUT2D eigenvalue weighted by atomic mass is 16.5. The minimum Gasteiger partial charge on any atom is -0.494 e. The number of aryl methyl sites for hydroxylation is 1. The number of nitrogens with one attached hydrogen (secondary N) is 1. The molecule has 0 aliphatic heterocycles. The Morgan fingerprint density at radius 3 is 2.48 bits per heavy atom. The molecule has 0 fully saturated rings. The van der Waals surface area contributed by atoms with Crippen LogP contribution in [-0.4, -0.2) is 35.2 Å². The van der Waals surface area contributed by atoms with Gasteiger partial charge in [-0.2, -0.15) is 0 Å². The second kappa shape index (κ2) is 8.98. The molecule has 3 rings (SSSR count). The van der Waals surface area contributed by atoms with Crippen molar-refractivity contribution in [3.63, 3.8) is 0 Å². The van der Waals surface area contributed by atoms with Crippen LogP contribution < -0.4 is 15.0 Å². The summed E-state index contributed by atoms with van der Waals surface area (Å²) in [6, 6.07) is 13.9. The second-order valence-corrected chi connectivity index (χ2v) is 6.27. The summed E-state index contributed by atoms with van der Waals surface area (Å²) in [5.74, 6) is 3.26. The first kappa shape index (κ1) is 18.6. The third kappa shape index (κ3) is 5.41. The third-order valence-electron chi connectivity index (χ3n) is 4.14. The van der Waals surface area contributed by atoms with E-state index in [1.807, 2.05) is 75.8 Å². The molecule has 1 N–H and O–H groups in total. The highest BCUT2D eigenvalue weighted by Crippen LogP contribution is 2.21. The molecule has 0 radical (unpaired) electrons. The van der Waals surface area contributed by atoms with Crippen LogP contribution in [0.1, 0.15) is 18.3 Å². The van der Waals surface area contributed by atoms with Crippen LogP contribution in [0, 0.1) is 6.92 Å². The molecule has 0 bridgehead atoms. The largest absolute Gasteiger partial charge is 0.494 e. The Morgan fingerprint density at radius 1 is 1.04 bits per heavy atom. The molecule has 0 amide bonds. The van der Waals surface area contributed by atoms with Crippen molar-refractivity contribution in [2.24, 2.45) is 0 Å². The number of hydrogen-bond acceptors (Lipinski definition) is 6. The molecule has 2 heterocycles. The molecule has 6 heteroatoms. The highest BCUT2D eigenvalue weighted by Gasteiger charge is 2.08. The summed E-state index contributed by atoms with van der Waals surface area (Å²) in [5.41, 5.74) is 2.22. The predicted molar refractivity (Wildman–Crippen MR) is 109 cm³/mol. The van der Waals surface area contributed by atoms with Crippen molar-refractivity contribution < 1.29 is 4.74 Å². The van der Waals surface area contributed by atoms with Crippen LogP contribution in [-0.2, 0) is 6.42 Å². The molecule has 1 aromatic carbocycles. The van der Waals surface area contributed by atoms with E-state index in [9.17, 15) is 0 Å². The van der Waals surface area contributed by atoms with Crippen molar-refractivity contribution >= 4 is 17.3 Å². The molecule has 6 nitrogen and oxygen atoms in total. The van der Waals surface area contributed by atoms with Gasteiger partial charge in [0.1, 0.15) is 23.2 Å². The fourth-order valence-electron chi connectivity index (χ4n) is 2.72. The molecule has 2 aromatic heterocycles. The van der Waals surface area contributed by atoms with Crippen molar-refractivity contribution in [1.82, 2.24) is 15.0 Å². The van der Waals surface area contributed by atoms with Crippen molar-refractivity contribution in [3.8, 4) is 5.75 Å². The van der Waals surface area contributed by atoms with Crippen LogP contribution in [0.15, 0.2) is 54.9 Å². The standard InChI is InChI=1S/C21H25N5O/c1-4-27-19-7-5-18(6-8-19)25-20-15-21(24-16(2)23-20)26(3)14-11-17-9-12-22-13-10-17/h5-10,12-13,15H,4,11,14H2,1-3H3,(H,23,24,25). The smallest absolute Gasteiger partial charge is 0.136 e. The number of benzene rings is 1. The predicted octanol–water partition coefficient (Wildman–Crippen LogP) is 4.00. The van der Waals surface area contributed by atoms with E-state index in [0.29, 0.717) is 6.61 Å². The summed E-state index contributed by atoms with van der Waals surface area (Å²) < 4.78 is 5.48. The van der Waals surface area contributed by atoms with E-state index in [1.165, 1.54) is 5.56 Å². The number of pyridine rings is 1. The second-order valence-electron chi connectivity index (χ2n) is 6.27. The van der Waals surface area contributed by atoms with Crippen LogP contribution >= 0.6 is 0 Å². The van der Waals surface area contributed by atoms with Crippen LogP contribution in [0.25, 0.3) is 0 Å². The summed E-state index contributed by atoms with van der Waals surface area (Å²) in [6.45, 7) is 5.40. The van der Waals surface area contributed by atoms with Crippen LogP contribution in [0.5, 0.6) is 5.75 Å². The van der Waals surface area contributed by atoms with E-state index in [4.69, 9.17) is 4.74 Å². The lowest BCUT2D eigenvalue weighted by Gasteiger charge is -2.19. The van der Waals surface area contributed by atoms with E-state index in [0.717, 1.165) is 41.9 Å². The molecule has 0 saturated carbocycles. The summed E-state index contributed by atoms with van der Waals surface area (Å²) in [5, 5.41) is 3.34. The molecule has 0 aliphatic carbocycles. The van der Waals surface area contributed by atoms with Gasteiger partial charge in [0.25, 0.3) is 0 Å². The maximum Gasteiger partial charge on any atom is 0.136 e. The Balaban J connectivity index is 1.67. The van der Waals surface area contributed by atoms with Crippen LogP contribution in [0.4, 0.5) is 17.3 Å². The number of likely N-dealkylation sites (N-methyl/N-ethyl adjacent to an activating group) is 1. The molecule has 0 saturated heterocycles. The molecule has 0 atom stereocenters. The number of aromatic nitrogens is 3. The van der Waals surface area contributed by atoms with Gasteiger partial charge in [0.2, 0.25) is 0 Å². The average Bonchev–Trinajstić information content (AvgIpc) is 2.68. The molecule has 3 aromatic rings. The van der Waals surface area contributed by atoms with E-state index in [1.54, 1.807) is 0 Å². The first-order chi connectivity index (χ1) is 13.1. The summed E-state index contributed by atoms with van der Waals surface area (Å²) in [6.07, 6.45) is 4.58. The van der Waals surface area contributed by atoms with Gasteiger partial charge in [-0.1, -0.05) is 0 Å². The molecule has 27 heavy (non-hydrogen) atoms. The van der Waals surface area contributed by atoms with Crippen molar-refractivity contribution in [2.45, 2.75) is 20.3 Å². The lowest BCUT2D eigenvalue weighted by Crippen LogP contribution is -2.22. The molecular formula is C21H25N5O. The zero-order valence-electron chi connectivity index (χ0n) is 16.0. The van der Waals surface area contributed by atoms with Crippen LogP contribution in [0.2, 0.25) is 0 Å². The third-order valence-corrected chi connectivity index (χ3v) is 4.14. The zero-order valence-corrected chi connectivity index (χ0v) is 16.0. The number of nitrogens with zero attached hydrogens (tertiary/aromatic N) is 4. The van der Waals surface area contributed by atoms with Crippen molar-refractivity contribution in [3.05, 3.63) is 66.2 Å². The van der Waals surface area contributed by atoms with E-state index >= 15 is 0 Å². The lowest BCUT2D eigenvalue weighted by atomic mass is 10.2. The highest BCUT2D eigenvalue weighted by molar-refractivity contribution is 5.60. The Labute approximate surface area is 160 Å². The van der Waals surface area contributed by atoms with Crippen molar-refractivity contribution in [1.29, 1.82) is 0 Å². The van der Waals surface area contributed by atoms with Crippen LogP contribution in [0.3, 0.4) is 0 Å². The Morgan fingerprint density at radius 2 is 1.78 bits per heavy atom. The van der Waals surface area contributed by atoms with Gasteiger partial charge < -0.3 is 15.0 Å². The summed E-state index contributed by atoms with van der Waals surface area (Å²) in [4.78, 5) is 15.3. The number of anilines is 3. The number of ether oxygens (including phenoxy) is 1. The molecule has 140 valence electrons. The Bertz CT molecular complexity index is 852. The minimum absolute atomic E-state index is 0.660. The van der Waals surface area contributed by atoms with Crippen molar-refractivity contribution in [2.75, 3.05) is 30.4 Å². The topological polar surface area (TPSA) is 63.2 Å². The van der Waals surface area contributed by atoms with Gasteiger partial charge >= 0.3 is 0 Å². The van der Waals surface area contributed by atoms with Gasteiger partial charge in [-0.05, 0) is 62.2 Å². The maximum atomic E-state index is 5.48. The summed E-state index contributed by atoms with van der Waals surface area (Å²) in [7, 11) is 2.05. The minimum atomic E-state index is 0.660. The monoisotopic (exact) mass is 363 g/mol. The lowest BCUT2D eigenvalue weighted by molar-refractivity contribution is 0.340.